The summed E-state index contributed by atoms with van der Waals surface area (Å²) < 4.78 is 0. The van der Waals surface area contributed by atoms with E-state index in [9.17, 15) is 4.79 Å². The molecule has 0 aliphatic carbocycles. The van der Waals surface area contributed by atoms with Crippen LogP contribution in [-0.4, -0.2) is 11.1 Å². The highest BCUT2D eigenvalue weighted by molar-refractivity contribution is 5.70. The summed E-state index contributed by atoms with van der Waals surface area (Å²) in [6, 6.07) is 0. The highest BCUT2D eigenvalue weighted by atomic mass is 16.4. The third-order valence-electron chi connectivity index (χ3n) is 1.36. The van der Waals surface area contributed by atoms with Crippen LogP contribution in [0.25, 0.3) is 0 Å². The van der Waals surface area contributed by atoms with Gasteiger partial charge in [0.1, 0.15) is 0 Å². The van der Waals surface area contributed by atoms with Crippen molar-refractivity contribution in [1.29, 1.82) is 0 Å². The second-order valence-electron chi connectivity index (χ2n) is 2.59. The van der Waals surface area contributed by atoms with Crippen LogP contribution in [0.4, 0.5) is 0 Å². The second kappa shape index (κ2) is 4.72. The fraction of sp³-hybridized carbons (Fsp3) is 0.444. The Labute approximate surface area is 67.2 Å². The van der Waals surface area contributed by atoms with Crippen LogP contribution in [-0.2, 0) is 4.79 Å². The molecule has 0 aromatic carbocycles. The third kappa shape index (κ3) is 5.40. The Morgan fingerprint density at radius 2 is 2.00 bits per heavy atom. The van der Waals surface area contributed by atoms with Crippen molar-refractivity contribution >= 4 is 5.97 Å². The smallest absolute Gasteiger partial charge is 0.307 e. The van der Waals surface area contributed by atoms with Gasteiger partial charge in [-0.1, -0.05) is 23.3 Å². The van der Waals surface area contributed by atoms with Gasteiger partial charge < -0.3 is 5.11 Å². The third-order valence-corrected chi connectivity index (χ3v) is 1.36. The molecule has 0 aliphatic heterocycles. The Morgan fingerprint density at radius 1 is 1.45 bits per heavy atom. The lowest BCUT2D eigenvalue weighted by molar-refractivity contribution is -0.136. The van der Waals surface area contributed by atoms with E-state index in [4.69, 9.17) is 5.11 Å². The van der Waals surface area contributed by atoms with Gasteiger partial charge in [-0.15, -0.1) is 0 Å². The Balaban J connectivity index is 4.11. The molecule has 0 aliphatic rings. The first kappa shape index (κ1) is 9.95. The Hall–Kier alpha value is -1.05. The zero-order chi connectivity index (χ0) is 8.85. The lowest BCUT2D eigenvalue weighted by Crippen LogP contribution is -1.94. The molecule has 11 heavy (non-hydrogen) atoms. The Morgan fingerprint density at radius 3 is 2.36 bits per heavy atom. The number of aliphatic carboxylic acids is 1. The SMILES string of the molecule is CC=C(C)C=C(C)CC(=O)O. The van der Waals surface area contributed by atoms with Crippen LogP contribution in [0.15, 0.2) is 23.3 Å². The number of carboxylic acids is 1. The minimum Gasteiger partial charge on any atom is -0.481 e. The van der Waals surface area contributed by atoms with Gasteiger partial charge in [-0.05, 0) is 20.8 Å². The second-order valence-corrected chi connectivity index (χ2v) is 2.59. The van der Waals surface area contributed by atoms with Crippen molar-refractivity contribution in [1.82, 2.24) is 0 Å². The van der Waals surface area contributed by atoms with Crippen molar-refractivity contribution in [2.45, 2.75) is 27.2 Å². The molecule has 0 saturated heterocycles. The summed E-state index contributed by atoms with van der Waals surface area (Å²) in [7, 11) is 0. The quantitative estimate of drug-likeness (QED) is 0.633. The van der Waals surface area contributed by atoms with E-state index >= 15 is 0 Å². The molecule has 0 aromatic heterocycles. The molecular formula is C9H14O2. The van der Waals surface area contributed by atoms with E-state index in [2.05, 4.69) is 0 Å². The normalized spacial score (nSPS) is 13.4. The maximum absolute atomic E-state index is 10.2. The Kier molecular flexibility index (Phi) is 4.27. The summed E-state index contributed by atoms with van der Waals surface area (Å²) in [4.78, 5) is 10.2. The van der Waals surface area contributed by atoms with Gasteiger partial charge >= 0.3 is 5.97 Å². The summed E-state index contributed by atoms with van der Waals surface area (Å²) in [5.74, 6) is -0.775. The lowest BCUT2D eigenvalue weighted by atomic mass is 10.1. The van der Waals surface area contributed by atoms with Gasteiger partial charge in [0.2, 0.25) is 0 Å². The molecule has 0 spiro atoms. The average molecular weight is 154 g/mol. The number of hydrogen-bond donors (Lipinski definition) is 1. The minimum atomic E-state index is -0.775. The van der Waals surface area contributed by atoms with Crippen molar-refractivity contribution in [3.8, 4) is 0 Å². The minimum absolute atomic E-state index is 0.130. The molecule has 0 aromatic rings. The van der Waals surface area contributed by atoms with Crippen molar-refractivity contribution in [2.24, 2.45) is 0 Å². The number of rotatable bonds is 3. The molecule has 2 heteroatoms. The fourth-order valence-corrected chi connectivity index (χ4v) is 0.762. The van der Waals surface area contributed by atoms with Crippen LogP contribution in [0.1, 0.15) is 27.2 Å². The predicted molar refractivity (Wildman–Crippen MR) is 45.4 cm³/mol. The van der Waals surface area contributed by atoms with Crippen LogP contribution in [0.5, 0.6) is 0 Å². The number of carboxylic acid groups (broad SMARTS) is 1. The van der Waals surface area contributed by atoms with Crippen molar-refractivity contribution in [3.63, 3.8) is 0 Å². The standard InChI is InChI=1S/C9H14O2/c1-4-7(2)5-8(3)6-9(10)11/h4-5H,6H2,1-3H3,(H,10,11). The summed E-state index contributed by atoms with van der Waals surface area (Å²) in [5.41, 5.74) is 1.98. The Bertz CT molecular complexity index is 200. The first-order chi connectivity index (χ1) is 5.06. The first-order valence-electron chi connectivity index (χ1n) is 3.58. The average Bonchev–Trinajstić information content (AvgIpc) is 1.85. The number of allylic oxidation sites excluding steroid dienone is 3. The van der Waals surface area contributed by atoms with Crippen LogP contribution in [0, 0.1) is 0 Å². The maximum Gasteiger partial charge on any atom is 0.307 e. The number of carbonyl (C=O) groups is 1. The van der Waals surface area contributed by atoms with E-state index < -0.39 is 5.97 Å². The van der Waals surface area contributed by atoms with E-state index in [1.165, 1.54) is 0 Å². The maximum atomic E-state index is 10.2. The van der Waals surface area contributed by atoms with Gasteiger partial charge in [-0.2, -0.15) is 0 Å². The molecule has 0 amide bonds. The molecule has 0 radical (unpaired) electrons. The molecule has 0 heterocycles. The summed E-state index contributed by atoms with van der Waals surface area (Å²) >= 11 is 0. The van der Waals surface area contributed by atoms with E-state index in [1.807, 2.05) is 32.9 Å². The van der Waals surface area contributed by atoms with Gasteiger partial charge in [0, 0.05) is 0 Å². The summed E-state index contributed by atoms with van der Waals surface area (Å²) in [6.07, 6.45) is 3.96. The van der Waals surface area contributed by atoms with Gasteiger partial charge in [0.05, 0.1) is 6.42 Å². The predicted octanol–water partition coefficient (Wildman–Crippen LogP) is 2.37. The van der Waals surface area contributed by atoms with Gasteiger partial charge in [0.15, 0.2) is 0 Å². The van der Waals surface area contributed by atoms with Crippen LogP contribution < -0.4 is 0 Å². The van der Waals surface area contributed by atoms with E-state index in [0.717, 1.165) is 11.1 Å². The summed E-state index contributed by atoms with van der Waals surface area (Å²) in [5, 5.41) is 8.41. The van der Waals surface area contributed by atoms with Crippen molar-refractivity contribution in [2.75, 3.05) is 0 Å². The fourth-order valence-electron chi connectivity index (χ4n) is 0.762. The van der Waals surface area contributed by atoms with Crippen molar-refractivity contribution in [3.05, 3.63) is 23.3 Å². The van der Waals surface area contributed by atoms with Crippen molar-refractivity contribution < 1.29 is 9.90 Å². The van der Waals surface area contributed by atoms with Gasteiger partial charge in [-0.25, -0.2) is 0 Å². The lowest BCUT2D eigenvalue weighted by Gasteiger charge is -1.95. The molecule has 62 valence electrons. The van der Waals surface area contributed by atoms with Gasteiger partial charge in [-0.3, -0.25) is 4.79 Å². The molecule has 0 saturated carbocycles. The van der Waals surface area contributed by atoms with E-state index in [-0.39, 0.29) is 6.42 Å². The van der Waals surface area contributed by atoms with Crippen LogP contribution in [0.3, 0.4) is 0 Å². The highest BCUT2D eigenvalue weighted by Gasteiger charge is 1.96. The molecule has 0 rings (SSSR count). The molecule has 0 bridgehead atoms. The van der Waals surface area contributed by atoms with Crippen LogP contribution >= 0.6 is 0 Å². The highest BCUT2D eigenvalue weighted by Crippen LogP contribution is 2.04. The molecule has 1 N–H and O–H groups in total. The van der Waals surface area contributed by atoms with Crippen LogP contribution in [0.2, 0.25) is 0 Å². The van der Waals surface area contributed by atoms with E-state index in [0.29, 0.717) is 0 Å². The number of hydrogen-bond acceptors (Lipinski definition) is 1. The first-order valence-corrected chi connectivity index (χ1v) is 3.58. The largest absolute Gasteiger partial charge is 0.481 e. The molecule has 0 fully saturated rings. The van der Waals surface area contributed by atoms with E-state index in [1.54, 1.807) is 0 Å². The summed E-state index contributed by atoms with van der Waals surface area (Å²) in [6.45, 7) is 5.70. The molecular weight excluding hydrogens is 140 g/mol. The topological polar surface area (TPSA) is 37.3 Å². The molecule has 2 nitrogen and oxygen atoms in total. The molecule has 0 unspecified atom stereocenters. The van der Waals surface area contributed by atoms with Gasteiger partial charge in [0.25, 0.3) is 0 Å². The zero-order valence-electron chi connectivity index (χ0n) is 7.22. The monoisotopic (exact) mass is 154 g/mol. The molecule has 0 atom stereocenters. The zero-order valence-corrected chi connectivity index (χ0v) is 7.22.